The van der Waals surface area contributed by atoms with Crippen molar-refractivity contribution in [1.82, 2.24) is 0 Å². The van der Waals surface area contributed by atoms with Crippen molar-refractivity contribution < 1.29 is 24.8 Å². The number of aliphatic hydroxyl groups excluding tert-OH is 3. The summed E-state index contributed by atoms with van der Waals surface area (Å²) in [4.78, 5) is 0. The molecule has 0 aromatic heterocycles. The van der Waals surface area contributed by atoms with E-state index in [0.717, 1.165) is 0 Å². The van der Waals surface area contributed by atoms with Crippen molar-refractivity contribution in [3.05, 3.63) is 30.3 Å². The SMILES string of the molecule is C[C@H]1OC(Oc2cc[c]cc2)[C@@H](O)[C@@H](O)[C@@H]1O. The lowest BCUT2D eigenvalue weighted by Gasteiger charge is -2.38. The normalized spacial score (nSPS) is 37.8. The van der Waals surface area contributed by atoms with Crippen LogP contribution in [0.25, 0.3) is 0 Å². The summed E-state index contributed by atoms with van der Waals surface area (Å²) in [5.41, 5.74) is 0. The Morgan fingerprint density at radius 2 is 1.76 bits per heavy atom. The van der Waals surface area contributed by atoms with Gasteiger partial charge in [-0.25, -0.2) is 0 Å². The maximum atomic E-state index is 9.72. The number of hydrogen-bond donors (Lipinski definition) is 3. The molecule has 3 N–H and O–H groups in total. The molecule has 2 rings (SSSR count). The lowest BCUT2D eigenvalue weighted by Crippen LogP contribution is -2.58. The van der Waals surface area contributed by atoms with Crippen LogP contribution in [0.1, 0.15) is 6.92 Å². The van der Waals surface area contributed by atoms with Crippen LogP contribution in [0.5, 0.6) is 5.75 Å². The van der Waals surface area contributed by atoms with Gasteiger partial charge in [0.1, 0.15) is 24.1 Å². The van der Waals surface area contributed by atoms with Crippen molar-refractivity contribution in [2.45, 2.75) is 37.6 Å². The predicted molar refractivity (Wildman–Crippen MR) is 58.3 cm³/mol. The Hall–Kier alpha value is -1.14. The molecule has 1 saturated heterocycles. The second-order valence-corrected chi connectivity index (χ2v) is 4.03. The van der Waals surface area contributed by atoms with E-state index in [-0.39, 0.29) is 0 Å². The molecule has 0 saturated carbocycles. The van der Waals surface area contributed by atoms with E-state index in [2.05, 4.69) is 6.07 Å². The van der Waals surface area contributed by atoms with Crippen molar-refractivity contribution in [2.75, 3.05) is 0 Å². The van der Waals surface area contributed by atoms with Gasteiger partial charge in [-0.15, -0.1) is 0 Å². The van der Waals surface area contributed by atoms with Crippen LogP contribution >= 0.6 is 0 Å². The van der Waals surface area contributed by atoms with Crippen LogP contribution in [-0.2, 0) is 4.74 Å². The number of ether oxygens (including phenoxy) is 2. The minimum Gasteiger partial charge on any atom is -0.462 e. The molecule has 17 heavy (non-hydrogen) atoms. The largest absolute Gasteiger partial charge is 0.462 e. The van der Waals surface area contributed by atoms with Crippen molar-refractivity contribution in [3.8, 4) is 5.75 Å². The van der Waals surface area contributed by atoms with Crippen LogP contribution in [0.4, 0.5) is 0 Å². The molecule has 1 radical (unpaired) electrons. The fraction of sp³-hybridized carbons (Fsp3) is 0.500. The van der Waals surface area contributed by atoms with Gasteiger partial charge in [0, 0.05) is 0 Å². The molecule has 0 bridgehead atoms. The molecule has 5 heteroatoms. The molecule has 1 aromatic carbocycles. The third kappa shape index (κ3) is 2.58. The lowest BCUT2D eigenvalue weighted by atomic mass is 10.00. The van der Waals surface area contributed by atoms with E-state index >= 15 is 0 Å². The van der Waals surface area contributed by atoms with Gasteiger partial charge in [-0.2, -0.15) is 0 Å². The van der Waals surface area contributed by atoms with Crippen molar-refractivity contribution in [3.63, 3.8) is 0 Å². The first-order chi connectivity index (χ1) is 8.09. The molecule has 5 nitrogen and oxygen atoms in total. The molecule has 1 aliphatic rings. The maximum Gasteiger partial charge on any atom is 0.229 e. The number of benzene rings is 1. The molecule has 0 spiro atoms. The Balaban J connectivity index is 2.06. The topological polar surface area (TPSA) is 79.2 Å². The van der Waals surface area contributed by atoms with Gasteiger partial charge >= 0.3 is 0 Å². The van der Waals surface area contributed by atoms with E-state index in [9.17, 15) is 15.3 Å². The van der Waals surface area contributed by atoms with Crippen molar-refractivity contribution >= 4 is 0 Å². The van der Waals surface area contributed by atoms with Crippen LogP contribution in [0.15, 0.2) is 24.3 Å². The zero-order valence-corrected chi connectivity index (χ0v) is 9.35. The first-order valence-electron chi connectivity index (χ1n) is 5.42. The highest BCUT2D eigenvalue weighted by molar-refractivity contribution is 5.20. The monoisotopic (exact) mass is 239 g/mol. The summed E-state index contributed by atoms with van der Waals surface area (Å²) in [6.07, 6.45) is -5.28. The number of aliphatic hydroxyl groups is 3. The van der Waals surface area contributed by atoms with E-state index in [1.54, 1.807) is 31.2 Å². The smallest absolute Gasteiger partial charge is 0.229 e. The van der Waals surface area contributed by atoms with Gasteiger partial charge in [-0.1, -0.05) is 12.1 Å². The minimum absolute atomic E-state index is 0.503. The first-order valence-corrected chi connectivity index (χ1v) is 5.42. The van der Waals surface area contributed by atoms with E-state index < -0.39 is 30.7 Å². The van der Waals surface area contributed by atoms with E-state index in [0.29, 0.717) is 5.75 Å². The molecule has 1 unspecified atom stereocenters. The summed E-state index contributed by atoms with van der Waals surface area (Å²) in [5, 5.41) is 28.8. The van der Waals surface area contributed by atoms with Gasteiger partial charge < -0.3 is 24.8 Å². The van der Waals surface area contributed by atoms with Crippen molar-refractivity contribution in [1.29, 1.82) is 0 Å². The molecule has 1 aliphatic heterocycles. The third-order valence-corrected chi connectivity index (χ3v) is 2.75. The average Bonchev–Trinajstić information content (AvgIpc) is 2.35. The fourth-order valence-corrected chi connectivity index (χ4v) is 1.70. The average molecular weight is 239 g/mol. The Bertz CT molecular complexity index is 355. The van der Waals surface area contributed by atoms with Gasteiger partial charge in [0.25, 0.3) is 0 Å². The first kappa shape index (κ1) is 12.3. The maximum absolute atomic E-state index is 9.72. The van der Waals surface area contributed by atoms with Gasteiger partial charge in [0.2, 0.25) is 6.29 Å². The summed E-state index contributed by atoms with van der Waals surface area (Å²) in [6.45, 7) is 1.61. The minimum atomic E-state index is -1.29. The Morgan fingerprint density at radius 3 is 2.41 bits per heavy atom. The van der Waals surface area contributed by atoms with Crippen molar-refractivity contribution in [2.24, 2.45) is 0 Å². The predicted octanol–water partition coefficient (Wildman–Crippen LogP) is -0.307. The quantitative estimate of drug-likeness (QED) is 0.660. The highest BCUT2D eigenvalue weighted by Gasteiger charge is 2.43. The molecule has 93 valence electrons. The Morgan fingerprint density at radius 1 is 1.12 bits per heavy atom. The molecule has 1 fully saturated rings. The van der Waals surface area contributed by atoms with Crippen LogP contribution < -0.4 is 4.74 Å². The molecule has 0 aliphatic carbocycles. The van der Waals surface area contributed by atoms with Crippen LogP contribution in [-0.4, -0.2) is 46.0 Å². The lowest BCUT2D eigenvalue weighted by molar-refractivity contribution is -0.268. The number of rotatable bonds is 2. The second kappa shape index (κ2) is 5.01. The molecule has 1 heterocycles. The molecule has 1 aromatic rings. The van der Waals surface area contributed by atoms with E-state index in [4.69, 9.17) is 9.47 Å². The van der Waals surface area contributed by atoms with Gasteiger partial charge in [0.05, 0.1) is 6.10 Å². The molecule has 0 amide bonds. The standard InChI is InChI=1S/C12H15O5/c1-7-9(13)10(14)11(15)12(16-7)17-8-5-3-2-4-6-8/h3-7,9-15H,1H3/t7-,9-,10+,11+,12?/m1/s1. The zero-order chi connectivity index (χ0) is 12.4. The van der Waals surface area contributed by atoms with E-state index in [1.807, 2.05) is 0 Å². The molecule has 5 atom stereocenters. The molecular formula is C12H15O5. The summed E-state index contributed by atoms with van der Waals surface area (Å²) in [5.74, 6) is 0.503. The van der Waals surface area contributed by atoms with Gasteiger partial charge in [0.15, 0.2) is 0 Å². The highest BCUT2D eigenvalue weighted by atomic mass is 16.7. The van der Waals surface area contributed by atoms with Crippen LogP contribution in [0, 0.1) is 6.07 Å². The third-order valence-electron chi connectivity index (χ3n) is 2.75. The fourth-order valence-electron chi connectivity index (χ4n) is 1.70. The summed E-state index contributed by atoms with van der Waals surface area (Å²) < 4.78 is 10.7. The van der Waals surface area contributed by atoms with E-state index in [1.165, 1.54) is 0 Å². The summed E-state index contributed by atoms with van der Waals surface area (Å²) in [6, 6.07) is 9.49. The summed E-state index contributed by atoms with van der Waals surface area (Å²) in [7, 11) is 0. The van der Waals surface area contributed by atoms with Gasteiger partial charge in [-0.05, 0) is 25.1 Å². The zero-order valence-electron chi connectivity index (χ0n) is 9.35. The Kier molecular flexibility index (Phi) is 3.63. The Labute approximate surface area is 99.2 Å². The highest BCUT2D eigenvalue weighted by Crippen LogP contribution is 2.23. The molecular weight excluding hydrogens is 224 g/mol. The van der Waals surface area contributed by atoms with Gasteiger partial charge in [-0.3, -0.25) is 0 Å². The summed E-state index contributed by atoms with van der Waals surface area (Å²) >= 11 is 0. The van der Waals surface area contributed by atoms with Crippen LogP contribution in [0.3, 0.4) is 0 Å². The van der Waals surface area contributed by atoms with Crippen LogP contribution in [0.2, 0.25) is 0 Å². The second-order valence-electron chi connectivity index (χ2n) is 4.03. The number of hydrogen-bond acceptors (Lipinski definition) is 5.